The molecule has 2 atom stereocenters. The number of aromatic hydroxyl groups is 1. The van der Waals surface area contributed by atoms with Crippen LogP contribution in [0.4, 0.5) is 0 Å². The molecule has 0 amide bonds. The first-order valence-corrected chi connectivity index (χ1v) is 5.25. The number of phenolic OH excluding ortho intramolecular Hbond substituents is 1. The average molecular weight is 191 g/mol. The van der Waals surface area contributed by atoms with Crippen molar-refractivity contribution in [1.82, 2.24) is 5.32 Å². The minimum atomic E-state index is 0.359. The van der Waals surface area contributed by atoms with E-state index >= 15 is 0 Å². The highest BCUT2D eigenvalue weighted by molar-refractivity contribution is 5.30. The van der Waals surface area contributed by atoms with Gasteiger partial charge in [-0.05, 0) is 56.0 Å². The predicted molar refractivity (Wildman–Crippen MR) is 57.5 cm³/mol. The number of rotatable bonds is 3. The van der Waals surface area contributed by atoms with Gasteiger partial charge in [0.05, 0.1) is 0 Å². The second-order valence-corrected chi connectivity index (χ2v) is 4.09. The Morgan fingerprint density at radius 3 is 2.50 bits per heavy atom. The summed E-state index contributed by atoms with van der Waals surface area (Å²) < 4.78 is 0. The number of hydrogen-bond donors (Lipinski definition) is 2. The standard InChI is InChI=1S/C12H17NO/c1-13-8-10-4-7-12(10)9-2-5-11(14)6-3-9/h2-3,5-6,10,12-14H,4,7-8H2,1H3. The maximum absolute atomic E-state index is 9.19. The molecule has 2 unspecified atom stereocenters. The van der Waals surface area contributed by atoms with Crippen molar-refractivity contribution in [1.29, 1.82) is 0 Å². The van der Waals surface area contributed by atoms with Gasteiger partial charge in [0.15, 0.2) is 0 Å². The van der Waals surface area contributed by atoms with E-state index in [4.69, 9.17) is 0 Å². The van der Waals surface area contributed by atoms with E-state index in [1.807, 2.05) is 19.2 Å². The fourth-order valence-corrected chi connectivity index (χ4v) is 2.24. The number of benzene rings is 1. The highest BCUT2D eigenvalue weighted by Crippen LogP contribution is 2.42. The zero-order valence-electron chi connectivity index (χ0n) is 8.53. The van der Waals surface area contributed by atoms with Crippen molar-refractivity contribution >= 4 is 0 Å². The summed E-state index contributed by atoms with van der Waals surface area (Å²) in [4.78, 5) is 0. The third-order valence-electron chi connectivity index (χ3n) is 3.21. The van der Waals surface area contributed by atoms with E-state index in [0.29, 0.717) is 11.7 Å². The van der Waals surface area contributed by atoms with E-state index in [0.717, 1.165) is 12.5 Å². The van der Waals surface area contributed by atoms with Gasteiger partial charge in [0, 0.05) is 0 Å². The minimum Gasteiger partial charge on any atom is -0.508 e. The molecule has 0 spiro atoms. The summed E-state index contributed by atoms with van der Waals surface area (Å²) in [6.45, 7) is 1.10. The highest BCUT2D eigenvalue weighted by Gasteiger charge is 2.30. The third-order valence-corrected chi connectivity index (χ3v) is 3.21. The zero-order chi connectivity index (χ0) is 9.97. The maximum Gasteiger partial charge on any atom is 0.115 e. The Bertz CT molecular complexity index is 294. The lowest BCUT2D eigenvalue weighted by atomic mass is 9.70. The van der Waals surface area contributed by atoms with Gasteiger partial charge >= 0.3 is 0 Å². The van der Waals surface area contributed by atoms with Crippen molar-refractivity contribution in [3.05, 3.63) is 29.8 Å². The molecule has 0 aromatic heterocycles. The summed E-state index contributed by atoms with van der Waals surface area (Å²) in [6, 6.07) is 7.65. The molecule has 1 aliphatic carbocycles. The van der Waals surface area contributed by atoms with Crippen molar-refractivity contribution in [3.63, 3.8) is 0 Å². The van der Waals surface area contributed by atoms with Crippen LogP contribution in [-0.4, -0.2) is 18.7 Å². The molecule has 0 heterocycles. The Hall–Kier alpha value is -1.02. The first kappa shape index (κ1) is 9.53. The van der Waals surface area contributed by atoms with Crippen LogP contribution >= 0.6 is 0 Å². The van der Waals surface area contributed by atoms with Gasteiger partial charge in [-0.15, -0.1) is 0 Å². The van der Waals surface area contributed by atoms with Crippen LogP contribution in [0, 0.1) is 5.92 Å². The average Bonchev–Trinajstić information content (AvgIpc) is 2.16. The van der Waals surface area contributed by atoms with Crippen LogP contribution in [0.25, 0.3) is 0 Å². The SMILES string of the molecule is CNCC1CCC1c1ccc(O)cc1. The number of hydrogen-bond acceptors (Lipinski definition) is 2. The Morgan fingerprint density at radius 1 is 1.29 bits per heavy atom. The number of nitrogens with one attached hydrogen (secondary N) is 1. The van der Waals surface area contributed by atoms with E-state index in [-0.39, 0.29) is 0 Å². The molecule has 0 radical (unpaired) electrons. The van der Waals surface area contributed by atoms with E-state index in [9.17, 15) is 5.11 Å². The largest absolute Gasteiger partial charge is 0.508 e. The Balaban J connectivity index is 2.04. The molecule has 1 saturated carbocycles. The molecule has 2 rings (SSSR count). The second kappa shape index (κ2) is 4.01. The third kappa shape index (κ3) is 1.75. The first-order chi connectivity index (χ1) is 6.81. The second-order valence-electron chi connectivity index (χ2n) is 4.09. The minimum absolute atomic E-state index is 0.359. The molecule has 1 fully saturated rings. The molecule has 0 bridgehead atoms. The lowest BCUT2D eigenvalue weighted by molar-refractivity contribution is 0.250. The van der Waals surface area contributed by atoms with Crippen LogP contribution in [0.3, 0.4) is 0 Å². The van der Waals surface area contributed by atoms with Crippen LogP contribution in [0.15, 0.2) is 24.3 Å². The first-order valence-electron chi connectivity index (χ1n) is 5.25. The molecule has 2 nitrogen and oxygen atoms in total. The fourth-order valence-electron chi connectivity index (χ4n) is 2.24. The van der Waals surface area contributed by atoms with Crippen LogP contribution in [0.2, 0.25) is 0 Å². The van der Waals surface area contributed by atoms with Crippen LogP contribution in [-0.2, 0) is 0 Å². The molecule has 76 valence electrons. The summed E-state index contributed by atoms with van der Waals surface area (Å²) in [5.74, 6) is 1.84. The van der Waals surface area contributed by atoms with Gasteiger partial charge in [0.2, 0.25) is 0 Å². The zero-order valence-corrected chi connectivity index (χ0v) is 8.53. The van der Waals surface area contributed by atoms with Gasteiger partial charge in [-0.25, -0.2) is 0 Å². The summed E-state index contributed by atoms with van der Waals surface area (Å²) in [5.41, 5.74) is 1.37. The van der Waals surface area contributed by atoms with Crippen LogP contribution < -0.4 is 5.32 Å². The van der Waals surface area contributed by atoms with Crippen molar-refractivity contribution in [3.8, 4) is 5.75 Å². The van der Waals surface area contributed by atoms with E-state index in [1.165, 1.54) is 18.4 Å². The molecule has 1 aliphatic rings. The summed E-state index contributed by atoms with van der Waals surface area (Å²) in [6.07, 6.45) is 2.61. The van der Waals surface area contributed by atoms with Crippen LogP contribution in [0.5, 0.6) is 5.75 Å². The monoisotopic (exact) mass is 191 g/mol. The molecule has 2 heteroatoms. The Kier molecular flexibility index (Phi) is 2.73. The van der Waals surface area contributed by atoms with E-state index < -0.39 is 0 Å². The van der Waals surface area contributed by atoms with Crippen molar-refractivity contribution < 1.29 is 5.11 Å². The van der Waals surface area contributed by atoms with E-state index in [2.05, 4.69) is 5.32 Å². The van der Waals surface area contributed by atoms with Gasteiger partial charge in [0.25, 0.3) is 0 Å². The van der Waals surface area contributed by atoms with Gasteiger partial charge in [-0.2, -0.15) is 0 Å². The van der Waals surface area contributed by atoms with Gasteiger partial charge in [0.1, 0.15) is 5.75 Å². The van der Waals surface area contributed by atoms with Gasteiger partial charge in [-0.3, -0.25) is 0 Å². The molecule has 1 aromatic rings. The quantitative estimate of drug-likeness (QED) is 0.767. The molecule has 0 aliphatic heterocycles. The lowest BCUT2D eigenvalue weighted by Gasteiger charge is -2.37. The molecular weight excluding hydrogens is 174 g/mol. The van der Waals surface area contributed by atoms with Gasteiger partial charge in [-0.1, -0.05) is 12.1 Å². The molecule has 1 aromatic carbocycles. The number of phenols is 1. The van der Waals surface area contributed by atoms with Gasteiger partial charge < -0.3 is 10.4 Å². The highest BCUT2D eigenvalue weighted by atomic mass is 16.3. The summed E-state index contributed by atoms with van der Waals surface area (Å²) >= 11 is 0. The topological polar surface area (TPSA) is 32.3 Å². The Labute approximate surface area is 85.0 Å². The molecule has 0 saturated heterocycles. The Morgan fingerprint density at radius 2 is 2.00 bits per heavy atom. The lowest BCUT2D eigenvalue weighted by Crippen LogP contribution is -2.32. The maximum atomic E-state index is 9.19. The normalized spacial score (nSPS) is 25.8. The molecular formula is C12H17NO. The summed E-state index contributed by atoms with van der Waals surface area (Å²) in [7, 11) is 2.01. The van der Waals surface area contributed by atoms with Crippen LogP contribution in [0.1, 0.15) is 24.3 Å². The van der Waals surface area contributed by atoms with E-state index in [1.54, 1.807) is 12.1 Å². The van der Waals surface area contributed by atoms with Crippen molar-refractivity contribution in [2.75, 3.05) is 13.6 Å². The molecule has 14 heavy (non-hydrogen) atoms. The fraction of sp³-hybridized carbons (Fsp3) is 0.500. The van der Waals surface area contributed by atoms with Crippen molar-refractivity contribution in [2.24, 2.45) is 5.92 Å². The van der Waals surface area contributed by atoms with Crippen molar-refractivity contribution in [2.45, 2.75) is 18.8 Å². The summed E-state index contributed by atoms with van der Waals surface area (Å²) in [5, 5.41) is 12.4. The predicted octanol–water partition coefficient (Wildman–Crippen LogP) is 2.11. The smallest absolute Gasteiger partial charge is 0.115 e. The molecule has 2 N–H and O–H groups in total.